The normalized spacial score (nSPS) is 10.3. The molecule has 1 amide bonds. The van der Waals surface area contributed by atoms with Crippen molar-refractivity contribution in [2.24, 2.45) is 0 Å². The van der Waals surface area contributed by atoms with Crippen LogP contribution in [0.1, 0.15) is 11.1 Å². The Bertz CT molecular complexity index is 581. The molecule has 2 aromatic carbocycles. The summed E-state index contributed by atoms with van der Waals surface area (Å²) in [6.45, 7) is 2.69. The zero-order chi connectivity index (χ0) is 14.4. The number of hydrogen-bond acceptors (Lipinski definition) is 2. The fraction of sp³-hybridized carbons (Fsp3) is 0.188. The standard InChI is InChI=1S/C16H17FN2O/c1-12-4-2-3-5-15(12)19-16(20)11-18-10-13-6-8-14(17)9-7-13/h2-9,18H,10-11H2,1H3,(H,19,20). The largest absolute Gasteiger partial charge is 0.325 e. The zero-order valence-electron chi connectivity index (χ0n) is 11.3. The second kappa shape index (κ2) is 6.82. The summed E-state index contributed by atoms with van der Waals surface area (Å²) in [5, 5.41) is 5.87. The van der Waals surface area contributed by atoms with Gasteiger partial charge in [0.05, 0.1) is 6.54 Å². The van der Waals surface area contributed by atoms with Gasteiger partial charge < -0.3 is 10.6 Å². The van der Waals surface area contributed by atoms with Crippen molar-refractivity contribution in [3.8, 4) is 0 Å². The Labute approximate surface area is 117 Å². The van der Waals surface area contributed by atoms with Crippen LogP contribution >= 0.6 is 0 Å². The number of hydrogen-bond donors (Lipinski definition) is 2. The maximum Gasteiger partial charge on any atom is 0.238 e. The van der Waals surface area contributed by atoms with Gasteiger partial charge in [-0.05, 0) is 36.2 Å². The summed E-state index contributed by atoms with van der Waals surface area (Å²) in [6, 6.07) is 13.8. The van der Waals surface area contributed by atoms with Crippen LogP contribution in [0.2, 0.25) is 0 Å². The molecule has 0 aliphatic heterocycles. The molecule has 0 fully saturated rings. The molecule has 0 saturated heterocycles. The van der Waals surface area contributed by atoms with Gasteiger partial charge in [-0.15, -0.1) is 0 Å². The number of para-hydroxylation sites is 1. The van der Waals surface area contributed by atoms with Crippen molar-refractivity contribution >= 4 is 11.6 Å². The molecular weight excluding hydrogens is 255 g/mol. The van der Waals surface area contributed by atoms with Gasteiger partial charge in [0.15, 0.2) is 0 Å². The third-order valence-electron chi connectivity index (χ3n) is 2.95. The predicted octanol–water partition coefficient (Wildman–Crippen LogP) is 2.86. The number of halogens is 1. The predicted molar refractivity (Wildman–Crippen MR) is 77.9 cm³/mol. The summed E-state index contributed by atoms with van der Waals surface area (Å²) in [7, 11) is 0. The lowest BCUT2D eigenvalue weighted by atomic mass is 10.2. The molecule has 3 nitrogen and oxygen atoms in total. The Hall–Kier alpha value is -2.20. The molecule has 0 aromatic heterocycles. The van der Waals surface area contributed by atoms with Crippen LogP contribution in [0, 0.1) is 12.7 Å². The van der Waals surface area contributed by atoms with Crippen LogP contribution in [0.25, 0.3) is 0 Å². The number of rotatable bonds is 5. The van der Waals surface area contributed by atoms with Crippen LogP contribution in [-0.2, 0) is 11.3 Å². The van der Waals surface area contributed by atoms with E-state index < -0.39 is 0 Å². The molecule has 2 N–H and O–H groups in total. The van der Waals surface area contributed by atoms with Gasteiger partial charge in [0.25, 0.3) is 0 Å². The first-order valence-electron chi connectivity index (χ1n) is 6.46. The topological polar surface area (TPSA) is 41.1 Å². The van der Waals surface area contributed by atoms with Crippen molar-refractivity contribution in [1.29, 1.82) is 0 Å². The highest BCUT2D eigenvalue weighted by atomic mass is 19.1. The summed E-state index contributed by atoms with van der Waals surface area (Å²) < 4.78 is 12.7. The van der Waals surface area contributed by atoms with Gasteiger partial charge in [-0.25, -0.2) is 4.39 Å². The molecule has 104 valence electrons. The minimum atomic E-state index is -0.258. The first-order valence-corrected chi connectivity index (χ1v) is 6.46. The monoisotopic (exact) mass is 272 g/mol. The Morgan fingerprint density at radius 1 is 1.10 bits per heavy atom. The number of benzene rings is 2. The van der Waals surface area contributed by atoms with E-state index in [4.69, 9.17) is 0 Å². The molecule has 0 heterocycles. The lowest BCUT2D eigenvalue weighted by molar-refractivity contribution is -0.115. The minimum Gasteiger partial charge on any atom is -0.325 e. The molecule has 0 aliphatic carbocycles. The molecule has 0 unspecified atom stereocenters. The average molecular weight is 272 g/mol. The fourth-order valence-electron chi connectivity index (χ4n) is 1.83. The van der Waals surface area contributed by atoms with E-state index in [0.29, 0.717) is 6.54 Å². The van der Waals surface area contributed by atoms with Crippen molar-refractivity contribution in [1.82, 2.24) is 5.32 Å². The number of nitrogens with one attached hydrogen (secondary N) is 2. The highest BCUT2D eigenvalue weighted by Crippen LogP contribution is 2.12. The summed E-state index contributed by atoms with van der Waals surface area (Å²) in [4.78, 5) is 11.8. The van der Waals surface area contributed by atoms with E-state index in [1.54, 1.807) is 12.1 Å². The molecule has 0 spiro atoms. The van der Waals surface area contributed by atoms with Gasteiger partial charge in [-0.2, -0.15) is 0 Å². The average Bonchev–Trinajstić information content (AvgIpc) is 2.44. The zero-order valence-corrected chi connectivity index (χ0v) is 11.3. The smallest absolute Gasteiger partial charge is 0.238 e. The highest BCUT2D eigenvalue weighted by molar-refractivity contribution is 5.92. The molecule has 0 aliphatic rings. The quantitative estimate of drug-likeness (QED) is 0.878. The molecule has 0 radical (unpaired) electrons. The van der Waals surface area contributed by atoms with Crippen LogP contribution in [0.3, 0.4) is 0 Å². The summed E-state index contributed by atoms with van der Waals surface area (Å²) in [5.74, 6) is -0.354. The summed E-state index contributed by atoms with van der Waals surface area (Å²) in [6.07, 6.45) is 0. The molecular formula is C16H17FN2O. The third kappa shape index (κ3) is 4.17. The van der Waals surface area contributed by atoms with Gasteiger partial charge in [0.2, 0.25) is 5.91 Å². The van der Waals surface area contributed by atoms with E-state index in [-0.39, 0.29) is 18.3 Å². The second-order valence-corrected chi connectivity index (χ2v) is 4.59. The first-order chi connectivity index (χ1) is 9.65. The van der Waals surface area contributed by atoms with Crippen molar-refractivity contribution in [2.45, 2.75) is 13.5 Å². The van der Waals surface area contributed by atoms with Gasteiger partial charge in [-0.3, -0.25) is 4.79 Å². The Morgan fingerprint density at radius 2 is 1.80 bits per heavy atom. The maximum atomic E-state index is 12.7. The molecule has 2 aromatic rings. The van der Waals surface area contributed by atoms with Gasteiger partial charge in [0, 0.05) is 12.2 Å². The Morgan fingerprint density at radius 3 is 2.50 bits per heavy atom. The van der Waals surface area contributed by atoms with E-state index in [9.17, 15) is 9.18 Å². The lowest BCUT2D eigenvalue weighted by Crippen LogP contribution is -2.27. The van der Waals surface area contributed by atoms with Crippen LogP contribution in [0.4, 0.5) is 10.1 Å². The number of carbonyl (C=O) groups excluding carboxylic acids is 1. The van der Waals surface area contributed by atoms with Crippen LogP contribution in [0.15, 0.2) is 48.5 Å². The molecule has 20 heavy (non-hydrogen) atoms. The van der Waals surface area contributed by atoms with E-state index in [2.05, 4.69) is 10.6 Å². The van der Waals surface area contributed by atoms with Crippen molar-refractivity contribution in [3.05, 3.63) is 65.5 Å². The van der Waals surface area contributed by atoms with Crippen LogP contribution < -0.4 is 10.6 Å². The van der Waals surface area contributed by atoms with Crippen LogP contribution in [-0.4, -0.2) is 12.5 Å². The molecule has 0 bridgehead atoms. The van der Waals surface area contributed by atoms with E-state index in [0.717, 1.165) is 16.8 Å². The molecule has 2 rings (SSSR count). The number of anilines is 1. The van der Waals surface area contributed by atoms with Gasteiger partial charge in [-0.1, -0.05) is 30.3 Å². The van der Waals surface area contributed by atoms with E-state index in [1.165, 1.54) is 12.1 Å². The maximum absolute atomic E-state index is 12.7. The highest BCUT2D eigenvalue weighted by Gasteiger charge is 2.03. The van der Waals surface area contributed by atoms with Crippen molar-refractivity contribution in [3.63, 3.8) is 0 Å². The van der Waals surface area contributed by atoms with Crippen LogP contribution in [0.5, 0.6) is 0 Å². The first kappa shape index (κ1) is 14.2. The summed E-state index contributed by atoms with van der Waals surface area (Å²) in [5.41, 5.74) is 2.79. The van der Waals surface area contributed by atoms with Crippen molar-refractivity contribution in [2.75, 3.05) is 11.9 Å². The van der Waals surface area contributed by atoms with Gasteiger partial charge in [0.1, 0.15) is 5.82 Å². The number of amides is 1. The van der Waals surface area contributed by atoms with Gasteiger partial charge >= 0.3 is 0 Å². The molecule has 0 atom stereocenters. The second-order valence-electron chi connectivity index (χ2n) is 4.59. The summed E-state index contributed by atoms with van der Waals surface area (Å²) >= 11 is 0. The Balaban J connectivity index is 1.78. The van der Waals surface area contributed by atoms with E-state index in [1.807, 2.05) is 31.2 Å². The fourth-order valence-corrected chi connectivity index (χ4v) is 1.83. The van der Waals surface area contributed by atoms with Crippen molar-refractivity contribution < 1.29 is 9.18 Å². The number of aryl methyl sites for hydroxylation is 1. The Kier molecular flexibility index (Phi) is 4.85. The molecule has 0 saturated carbocycles. The minimum absolute atomic E-state index is 0.0959. The third-order valence-corrected chi connectivity index (χ3v) is 2.95. The SMILES string of the molecule is Cc1ccccc1NC(=O)CNCc1ccc(F)cc1. The lowest BCUT2D eigenvalue weighted by Gasteiger charge is -2.09. The number of carbonyl (C=O) groups is 1. The van der Waals surface area contributed by atoms with E-state index >= 15 is 0 Å². The molecule has 4 heteroatoms.